The first-order chi connectivity index (χ1) is 9.90. The summed E-state index contributed by atoms with van der Waals surface area (Å²) in [6, 6.07) is 7.68. The van der Waals surface area contributed by atoms with Crippen LogP contribution in [0.15, 0.2) is 24.3 Å². The Morgan fingerprint density at radius 2 is 1.67 bits per heavy atom. The van der Waals surface area contributed by atoms with Crippen molar-refractivity contribution in [2.75, 3.05) is 17.2 Å². The molecule has 21 heavy (non-hydrogen) atoms. The van der Waals surface area contributed by atoms with Crippen LogP contribution in [0.1, 0.15) is 53.4 Å². The third-order valence-corrected chi connectivity index (χ3v) is 2.89. The largest absolute Gasteiger partial charge is 0.444 e. The number of rotatable bonds is 7. The molecule has 1 aromatic rings. The van der Waals surface area contributed by atoms with E-state index in [-0.39, 0.29) is 0 Å². The molecule has 0 spiro atoms. The molecule has 0 bridgehead atoms. The minimum absolute atomic E-state index is 0.428. The number of benzene rings is 1. The molecule has 0 heterocycles. The average Bonchev–Trinajstić information content (AvgIpc) is 2.38. The number of anilines is 2. The van der Waals surface area contributed by atoms with Crippen LogP contribution in [0.25, 0.3) is 0 Å². The van der Waals surface area contributed by atoms with E-state index in [1.807, 2.05) is 45.0 Å². The summed E-state index contributed by atoms with van der Waals surface area (Å²) in [6.07, 6.45) is 4.57. The van der Waals surface area contributed by atoms with Crippen molar-refractivity contribution >= 4 is 17.5 Å². The van der Waals surface area contributed by atoms with Crippen molar-refractivity contribution < 1.29 is 9.53 Å². The van der Waals surface area contributed by atoms with Crippen LogP contribution in [0.2, 0.25) is 0 Å². The number of amides is 1. The maximum absolute atomic E-state index is 11.6. The molecular formula is C17H28N2O2. The van der Waals surface area contributed by atoms with Crippen molar-refractivity contribution in [3.05, 3.63) is 24.3 Å². The van der Waals surface area contributed by atoms with Gasteiger partial charge in [0.15, 0.2) is 0 Å². The van der Waals surface area contributed by atoms with Crippen molar-refractivity contribution in [3.8, 4) is 0 Å². The van der Waals surface area contributed by atoms with Crippen molar-refractivity contribution in [3.63, 3.8) is 0 Å². The Kier molecular flexibility index (Phi) is 7.06. The fourth-order valence-electron chi connectivity index (χ4n) is 1.88. The lowest BCUT2D eigenvalue weighted by Gasteiger charge is -2.19. The second kappa shape index (κ2) is 8.55. The Morgan fingerprint density at radius 1 is 1.05 bits per heavy atom. The van der Waals surface area contributed by atoms with Gasteiger partial charge in [0.1, 0.15) is 5.60 Å². The quantitative estimate of drug-likeness (QED) is 0.693. The van der Waals surface area contributed by atoms with Crippen LogP contribution in [-0.2, 0) is 4.74 Å². The van der Waals surface area contributed by atoms with Crippen molar-refractivity contribution in [1.29, 1.82) is 0 Å². The highest BCUT2D eigenvalue weighted by Gasteiger charge is 2.15. The Labute approximate surface area is 128 Å². The number of carbonyl (C=O) groups is 1. The highest BCUT2D eigenvalue weighted by Crippen LogP contribution is 2.15. The van der Waals surface area contributed by atoms with Crippen LogP contribution >= 0.6 is 0 Å². The van der Waals surface area contributed by atoms with Crippen LogP contribution in [-0.4, -0.2) is 18.2 Å². The lowest BCUT2D eigenvalue weighted by molar-refractivity contribution is 0.0636. The Hall–Kier alpha value is -1.71. The van der Waals surface area contributed by atoms with Crippen LogP contribution in [0.3, 0.4) is 0 Å². The molecule has 0 saturated heterocycles. The second-order valence-electron chi connectivity index (χ2n) is 6.19. The Balaban J connectivity index is 2.35. The molecule has 0 unspecified atom stereocenters. The van der Waals surface area contributed by atoms with Gasteiger partial charge in [-0.1, -0.05) is 26.2 Å². The van der Waals surface area contributed by atoms with Crippen LogP contribution in [0.5, 0.6) is 0 Å². The van der Waals surface area contributed by atoms with Gasteiger partial charge in [0.2, 0.25) is 0 Å². The number of unbranched alkanes of at least 4 members (excludes halogenated alkanes) is 3. The number of ether oxygens (including phenoxy) is 1. The van der Waals surface area contributed by atoms with Crippen LogP contribution in [0, 0.1) is 0 Å². The van der Waals surface area contributed by atoms with Gasteiger partial charge in [-0.2, -0.15) is 0 Å². The van der Waals surface area contributed by atoms with Gasteiger partial charge in [0.25, 0.3) is 0 Å². The summed E-state index contributed by atoms with van der Waals surface area (Å²) in [5.74, 6) is 0. The lowest BCUT2D eigenvalue weighted by Crippen LogP contribution is -2.27. The highest BCUT2D eigenvalue weighted by molar-refractivity contribution is 5.85. The zero-order valence-corrected chi connectivity index (χ0v) is 13.7. The van der Waals surface area contributed by atoms with E-state index in [0.29, 0.717) is 0 Å². The summed E-state index contributed by atoms with van der Waals surface area (Å²) >= 11 is 0. The monoisotopic (exact) mass is 292 g/mol. The first-order valence-electron chi connectivity index (χ1n) is 7.74. The summed E-state index contributed by atoms with van der Waals surface area (Å²) in [5, 5.41) is 6.10. The summed E-state index contributed by atoms with van der Waals surface area (Å²) in [6.45, 7) is 8.73. The van der Waals surface area contributed by atoms with E-state index >= 15 is 0 Å². The standard InChI is InChI=1S/C17H28N2O2/c1-5-6-7-8-13-18-14-9-11-15(12-10-14)19-16(20)21-17(2,3)4/h9-12,18H,5-8,13H2,1-4H3,(H,19,20). The summed E-state index contributed by atoms with van der Waals surface area (Å²) in [7, 11) is 0. The lowest BCUT2D eigenvalue weighted by atomic mass is 10.2. The van der Waals surface area contributed by atoms with Gasteiger partial charge in [-0.3, -0.25) is 5.32 Å². The van der Waals surface area contributed by atoms with Gasteiger partial charge < -0.3 is 10.1 Å². The second-order valence-corrected chi connectivity index (χ2v) is 6.19. The Morgan fingerprint density at radius 3 is 2.24 bits per heavy atom. The molecule has 1 aromatic carbocycles. The van der Waals surface area contributed by atoms with Crippen LogP contribution < -0.4 is 10.6 Å². The maximum atomic E-state index is 11.6. The summed E-state index contributed by atoms with van der Waals surface area (Å²) in [4.78, 5) is 11.6. The number of nitrogens with one attached hydrogen (secondary N) is 2. The SMILES string of the molecule is CCCCCCNc1ccc(NC(=O)OC(C)(C)C)cc1. The van der Waals surface area contributed by atoms with Gasteiger partial charge in [-0.05, 0) is 51.5 Å². The van der Waals surface area contributed by atoms with Gasteiger partial charge in [-0.15, -0.1) is 0 Å². The number of carbonyl (C=O) groups excluding carboxylic acids is 1. The van der Waals surface area contributed by atoms with E-state index in [1.54, 1.807) is 0 Å². The third kappa shape index (κ3) is 8.23. The number of hydrogen-bond acceptors (Lipinski definition) is 3. The predicted molar refractivity (Wildman–Crippen MR) is 88.9 cm³/mol. The first kappa shape index (κ1) is 17.3. The molecule has 118 valence electrons. The fraction of sp³-hybridized carbons (Fsp3) is 0.588. The molecule has 1 rings (SSSR count). The molecule has 0 aliphatic rings. The molecule has 4 heteroatoms. The molecule has 0 aliphatic carbocycles. The van der Waals surface area contributed by atoms with Crippen molar-refractivity contribution in [2.45, 2.75) is 59.0 Å². The van der Waals surface area contributed by atoms with Crippen LogP contribution in [0.4, 0.5) is 16.2 Å². The first-order valence-corrected chi connectivity index (χ1v) is 7.74. The zero-order chi connectivity index (χ0) is 15.7. The van der Waals surface area contributed by atoms with E-state index in [2.05, 4.69) is 17.6 Å². The average molecular weight is 292 g/mol. The predicted octanol–water partition coefficient (Wildman–Crippen LogP) is 5.03. The molecule has 0 fully saturated rings. The summed E-state index contributed by atoms with van der Waals surface area (Å²) in [5.41, 5.74) is 1.33. The van der Waals surface area contributed by atoms with E-state index in [4.69, 9.17) is 4.74 Å². The maximum Gasteiger partial charge on any atom is 0.412 e. The van der Waals surface area contributed by atoms with Gasteiger partial charge in [-0.25, -0.2) is 4.79 Å². The van der Waals surface area contributed by atoms with E-state index in [1.165, 1.54) is 25.7 Å². The molecule has 0 saturated carbocycles. The van der Waals surface area contributed by atoms with Gasteiger partial charge >= 0.3 is 6.09 Å². The molecule has 1 amide bonds. The van der Waals surface area contributed by atoms with Crippen molar-refractivity contribution in [1.82, 2.24) is 0 Å². The fourth-order valence-corrected chi connectivity index (χ4v) is 1.88. The Bertz CT molecular complexity index is 421. The van der Waals surface area contributed by atoms with Gasteiger partial charge in [0.05, 0.1) is 0 Å². The van der Waals surface area contributed by atoms with E-state index in [9.17, 15) is 4.79 Å². The smallest absolute Gasteiger partial charge is 0.412 e. The third-order valence-electron chi connectivity index (χ3n) is 2.89. The molecule has 0 radical (unpaired) electrons. The minimum Gasteiger partial charge on any atom is -0.444 e. The van der Waals surface area contributed by atoms with E-state index in [0.717, 1.165) is 17.9 Å². The highest BCUT2D eigenvalue weighted by atomic mass is 16.6. The molecular weight excluding hydrogens is 264 g/mol. The molecule has 0 atom stereocenters. The number of hydrogen-bond donors (Lipinski definition) is 2. The normalized spacial score (nSPS) is 11.0. The molecule has 4 nitrogen and oxygen atoms in total. The summed E-state index contributed by atoms with van der Waals surface area (Å²) < 4.78 is 5.21. The topological polar surface area (TPSA) is 50.4 Å². The minimum atomic E-state index is -0.482. The van der Waals surface area contributed by atoms with Crippen molar-refractivity contribution in [2.24, 2.45) is 0 Å². The molecule has 0 aromatic heterocycles. The molecule has 2 N–H and O–H groups in total. The zero-order valence-electron chi connectivity index (χ0n) is 13.7. The van der Waals surface area contributed by atoms with Gasteiger partial charge in [0, 0.05) is 17.9 Å². The molecule has 0 aliphatic heterocycles. The van der Waals surface area contributed by atoms with E-state index < -0.39 is 11.7 Å².